The summed E-state index contributed by atoms with van der Waals surface area (Å²) in [5.41, 5.74) is 0. The Morgan fingerprint density at radius 1 is 0.0500 bits per heavy atom. The molecule has 0 aliphatic heterocycles. The van der Waals surface area contributed by atoms with E-state index in [9.17, 15) is 0 Å². The number of rotatable bonds is 58. The molecule has 0 rings (SSSR count). The second-order valence-electron chi connectivity index (χ2n) is 19.2. The molecule has 65 unspecified atom stereocenters. The maximum absolute atomic E-state index is 4.14. The van der Waals surface area contributed by atoms with E-state index in [1.54, 1.807) is 0 Å². The van der Waals surface area contributed by atoms with Crippen molar-refractivity contribution in [1.29, 1.82) is 0 Å². The van der Waals surface area contributed by atoms with Crippen molar-refractivity contribution in [2.24, 2.45) is 0 Å². The van der Waals surface area contributed by atoms with Crippen molar-refractivity contribution in [2.45, 2.75) is 0 Å². The number of hydrogen-bond donors (Lipinski definition) is 0. The second kappa shape index (κ2) is 93.9. The van der Waals surface area contributed by atoms with Gasteiger partial charge in [-0.05, 0) is 412 Å². The molecule has 0 bridgehead atoms. The minimum atomic E-state index is -0.818. The highest BCUT2D eigenvalue weighted by atomic mass is 33.7. The van der Waals surface area contributed by atoms with E-state index in [0.29, 0.717) is 0 Å². The molecule has 0 aliphatic carbocycles. The molecule has 722 valence electrons. The van der Waals surface area contributed by atoms with Crippen LogP contribution < -0.4 is 0 Å². The first-order valence-electron chi connectivity index (χ1n) is 27.4. The van der Waals surface area contributed by atoms with Gasteiger partial charge in [0.05, 0.1) is 0 Å². The minimum Gasteiger partial charge on any atom is -0.102 e. The topological polar surface area (TPSA) is 0 Å². The summed E-state index contributed by atoms with van der Waals surface area (Å²) >= 11 is 0. The summed E-state index contributed by atoms with van der Waals surface area (Å²) in [7, 11) is 238. The Morgan fingerprint density at radius 3 is 0.150 bits per heavy atom. The molecule has 0 N–H and O–H groups in total. The zero-order valence-corrected chi connectivity index (χ0v) is 185. The van der Waals surface area contributed by atoms with Crippen LogP contribution in [-0.2, 0) is 0 Å². The molecule has 0 aromatic carbocycles. The van der Waals surface area contributed by atoms with Crippen molar-refractivity contribution in [1.82, 2.24) is 0 Å². The van der Waals surface area contributed by atoms with Crippen LogP contribution in [0, 0.1) is 0 Å². The quantitative estimate of drug-likeness (QED) is 0.0533. The molecule has 0 aromatic heterocycles. The van der Waals surface area contributed by atoms with Crippen LogP contribution in [0.2, 0.25) is 0 Å². The molecule has 0 aliphatic rings. The lowest BCUT2D eigenvalue weighted by Gasteiger charge is -2.65. The highest BCUT2D eigenvalue weighted by Crippen LogP contribution is 3.57. The first-order valence-corrected chi connectivity index (χ1v) is 246. The lowest BCUT2D eigenvalue weighted by molar-refractivity contribution is 4.28. The van der Waals surface area contributed by atoms with Crippen LogP contribution in [0.1, 0.15) is 0 Å². The Bertz CT molecular complexity index is 2110. The molecule has 65 atom stereocenters. The maximum atomic E-state index is 4.14. The fourth-order valence-electron chi connectivity index (χ4n) is 7.42. The van der Waals surface area contributed by atoms with E-state index in [2.05, 4.69) is 545 Å². The van der Waals surface area contributed by atoms with E-state index in [1.165, 1.54) is 0 Å². The standard InChI is InChI=1S/H122P120/c1-62(2)92(61)107(91(59)60)115(108(93(63(3)4)64(5)6)94(65(7)8)66(9)10)119(116(109(95(67(11)12)68(13)14)96(69(15)16)70(17)18)110(97(71(19)20)72(21)22)98(73(23)24)74(25)26)120(117(111(99(75(27)28)76(29)30)100(77(31)32)78(33)34)112(101(79(35)36)80(37)38)102(81(39)40)82(41)42)118(113(103(83(43)44)84(45)46)104(85(47)48)86(49)50)114(105(87(51)52)88(53)54)106(89(55)56)90(57)58/h1-61H2. The predicted octanol–water partition coefficient (Wildman–Crippen LogP) is 70.7. The third kappa shape index (κ3) is 59.9. The molecule has 120 heteroatoms. The Morgan fingerprint density at radius 2 is 0.100 bits per heavy atom. The average Bonchev–Trinajstić information content (AvgIpc) is 0.701. The van der Waals surface area contributed by atoms with Gasteiger partial charge in [0.25, 0.3) is 0 Å². The summed E-state index contributed by atoms with van der Waals surface area (Å²) in [5, 5.41) is 0. The van der Waals surface area contributed by atoms with Crippen LogP contribution in [0.15, 0.2) is 0 Å². The SMILES string of the molecule is PP(P)P(P)P(P(P)P)P(P(P(P(P)P)P(P)P)P(P(P)P)P(P)P)P(P(P(P(P(P)P)P(P)P)P(P(P)P)P(P)P)P(P(P(P)P)P(P)P)P(P(P)P)P(P)P)P(P(P(P(P(P)P)P(P)P)P(P(P)P)P(P)P)P(P(P(P)P)P(P)P)P(P(P)P)P(P)P)P(P(P(P(P)P)P(P)P)P(P(P)P)P(P)P)P(P(P(P)P)P(P)P)P(P(P)P)P(P)P. The van der Waals surface area contributed by atoms with Crippen LogP contribution in [0.4, 0.5) is 0 Å². The van der Waals surface area contributed by atoms with E-state index in [-0.39, 0.29) is 0 Å². The molecule has 120 heavy (non-hydrogen) atoms. The molecule has 0 saturated carbocycles. The molecular weight excluding hydrogens is 3720 g/mol. The van der Waals surface area contributed by atoms with Crippen molar-refractivity contribution in [3.8, 4) is 0 Å². The van der Waals surface area contributed by atoms with Gasteiger partial charge in [0, 0.05) is 0 Å². The second-order valence-corrected chi connectivity index (χ2v) is 519. The van der Waals surface area contributed by atoms with Gasteiger partial charge >= 0.3 is 0 Å². The van der Waals surface area contributed by atoms with E-state index in [0.717, 1.165) is 0 Å². The summed E-state index contributed by atoms with van der Waals surface area (Å²) in [6.45, 7) is -32.6. The molecular formula is H122P120. The molecule has 0 heterocycles. The Labute approximate surface area is 940 Å². The third-order valence-corrected chi connectivity index (χ3v) is 869. The van der Waals surface area contributed by atoms with Crippen LogP contribution >= 0.6 is 957 Å². The lowest BCUT2D eigenvalue weighted by Crippen LogP contribution is -1.78. The lowest BCUT2D eigenvalue weighted by atomic mass is 28.3. The molecule has 0 amide bonds. The summed E-state index contributed by atoms with van der Waals surface area (Å²) in [4.78, 5) is 0. The third-order valence-electron chi connectivity index (χ3n) is 10.7. The minimum absolute atomic E-state index is 0.488. The van der Waals surface area contributed by atoms with Crippen molar-refractivity contribution >= 4 is 957 Å². The summed E-state index contributed by atoms with van der Waals surface area (Å²) in [6, 6.07) is 0. The van der Waals surface area contributed by atoms with Crippen molar-refractivity contribution in [2.75, 3.05) is 0 Å². The Hall–Kier alpha value is 51.6. The van der Waals surface area contributed by atoms with Crippen LogP contribution in [-0.4, -0.2) is 0 Å². The van der Waals surface area contributed by atoms with Gasteiger partial charge in [-0.2, -0.15) is 0 Å². The van der Waals surface area contributed by atoms with E-state index in [4.69, 9.17) is 0 Å². The van der Waals surface area contributed by atoms with Crippen molar-refractivity contribution in [3.05, 3.63) is 0 Å². The number of hydrogen-bond acceptors (Lipinski definition) is 0. The first-order chi connectivity index (χ1) is 54.6. The molecule has 0 aromatic rings. The summed E-state index contributed by atoms with van der Waals surface area (Å²) in [5.74, 6) is 0. The highest BCUT2D eigenvalue weighted by molar-refractivity contribution is 9.63. The summed E-state index contributed by atoms with van der Waals surface area (Å²) < 4.78 is 0. The molecule has 0 saturated heterocycles. The zero-order valence-electron chi connectivity index (χ0n) is 61.6. The van der Waals surface area contributed by atoms with Crippen LogP contribution in [0.25, 0.3) is 0 Å². The van der Waals surface area contributed by atoms with Gasteiger partial charge in [-0.3, -0.25) is 0 Å². The van der Waals surface area contributed by atoms with Gasteiger partial charge in [0.2, 0.25) is 0 Å². The largest absolute Gasteiger partial charge is 0.102 e. The molecule has 0 nitrogen and oxygen atoms in total. The fraction of sp³-hybridized carbons (Fsp3) is 0. The Balaban J connectivity index is 16.6. The normalized spacial score (nSPS) is 15.7. The maximum Gasteiger partial charge on any atom is -0.000000175 e. The van der Waals surface area contributed by atoms with Crippen molar-refractivity contribution < 1.29 is 0 Å². The smallest absolute Gasteiger partial charge is 0.000000175 e. The van der Waals surface area contributed by atoms with Gasteiger partial charge in [0.15, 0.2) is 0 Å². The fourth-order valence-corrected chi connectivity index (χ4v) is 1800. The van der Waals surface area contributed by atoms with Gasteiger partial charge < -0.3 is 0 Å². The zero-order chi connectivity index (χ0) is 95.1. The molecule has 0 spiro atoms. The van der Waals surface area contributed by atoms with Gasteiger partial charge in [0.1, 0.15) is 0 Å². The highest BCUT2D eigenvalue weighted by Gasteiger charge is 2.70. The molecule has 0 fully saturated rings. The van der Waals surface area contributed by atoms with Crippen molar-refractivity contribution in [3.63, 3.8) is 0 Å². The van der Waals surface area contributed by atoms with E-state index in [1.807, 2.05) is 0 Å². The summed E-state index contributed by atoms with van der Waals surface area (Å²) in [6.07, 6.45) is 0. The van der Waals surface area contributed by atoms with Crippen LogP contribution in [0.5, 0.6) is 0 Å². The van der Waals surface area contributed by atoms with E-state index >= 15 is 0 Å². The molecule has 0 radical (unpaired) electrons. The van der Waals surface area contributed by atoms with Crippen LogP contribution in [0.3, 0.4) is 0 Å². The van der Waals surface area contributed by atoms with Gasteiger partial charge in [-0.25, -0.2) is 0 Å². The van der Waals surface area contributed by atoms with Gasteiger partial charge in [-0.1, -0.05) is 0 Å². The van der Waals surface area contributed by atoms with Gasteiger partial charge in [-0.15, -0.1) is 545 Å². The first kappa shape index (κ1) is 172. The average molecular weight is 3840 g/mol. The monoisotopic (exact) mass is 3840 g/mol. The predicted molar refractivity (Wildman–Crippen MR) is 1000 cm³/mol. The van der Waals surface area contributed by atoms with E-state index < -0.39 is 412 Å². The Kier molecular flexibility index (Phi) is 134.